The number of rotatable bonds is 5. The highest BCUT2D eigenvalue weighted by atomic mass is 16.1. The Kier molecular flexibility index (Phi) is 4.72. The van der Waals surface area contributed by atoms with Crippen LogP contribution in [0, 0.1) is 0 Å². The SMILES string of the molecule is CC(=O)Nc1cccc(-c2nccn2Cc2ccc(CN)cc2)c1. The van der Waals surface area contributed by atoms with Gasteiger partial charge in [0.2, 0.25) is 5.91 Å². The number of aromatic nitrogens is 2. The van der Waals surface area contributed by atoms with E-state index in [0.717, 1.165) is 29.2 Å². The lowest BCUT2D eigenvalue weighted by Gasteiger charge is -2.10. The van der Waals surface area contributed by atoms with Gasteiger partial charge in [0.25, 0.3) is 0 Å². The van der Waals surface area contributed by atoms with Gasteiger partial charge in [0.15, 0.2) is 0 Å². The van der Waals surface area contributed by atoms with Crippen molar-refractivity contribution in [3.05, 3.63) is 72.1 Å². The average molecular weight is 320 g/mol. The summed E-state index contributed by atoms with van der Waals surface area (Å²) in [6.07, 6.45) is 3.74. The fourth-order valence-corrected chi connectivity index (χ4v) is 2.61. The normalized spacial score (nSPS) is 10.6. The van der Waals surface area contributed by atoms with Crippen molar-refractivity contribution >= 4 is 11.6 Å². The Bertz CT molecular complexity index is 837. The van der Waals surface area contributed by atoms with Crippen molar-refractivity contribution in [1.29, 1.82) is 0 Å². The maximum atomic E-state index is 11.2. The van der Waals surface area contributed by atoms with Crippen molar-refractivity contribution in [1.82, 2.24) is 9.55 Å². The molecule has 0 bridgehead atoms. The molecule has 0 aliphatic carbocycles. The third-order valence-electron chi connectivity index (χ3n) is 3.77. The second-order valence-corrected chi connectivity index (χ2v) is 5.66. The number of nitrogens with zero attached hydrogens (tertiary/aromatic N) is 2. The Morgan fingerprint density at radius 1 is 1.17 bits per heavy atom. The Morgan fingerprint density at radius 3 is 2.62 bits per heavy atom. The monoisotopic (exact) mass is 320 g/mol. The molecule has 0 atom stereocenters. The predicted octanol–water partition coefficient (Wildman–Crippen LogP) is 3.02. The van der Waals surface area contributed by atoms with Crippen molar-refractivity contribution < 1.29 is 4.79 Å². The maximum absolute atomic E-state index is 11.2. The summed E-state index contributed by atoms with van der Waals surface area (Å²) in [6.45, 7) is 2.77. The van der Waals surface area contributed by atoms with Crippen molar-refractivity contribution in [2.45, 2.75) is 20.0 Å². The molecule has 5 nitrogen and oxygen atoms in total. The summed E-state index contributed by atoms with van der Waals surface area (Å²) >= 11 is 0. The van der Waals surface area contributed by atoms with Gasteiger partial charge in [-0.2, -0.15) is 0 Å². The smallest absolute Gasteiger partial charge is 0.221 e. The van der Waals surface area contributed by atoms with Gasteiger partial charge in [0.1, 0.15) is 5.82 Å². The van der Waals surface area contributed by atoms with E-state index in [4.69, 9.17) is 5.73 Å². The fourth-order valence-electron chi connectivity index (χ4n) is 2.61. The number of hydrogen-bond donors (Lipinski definition) is 2. The molecule has 0 radical (unpaired) electrons. The first-order valence-corrected chi connectivity index (χ1v) is 7.83. The van der Waals surface area contributed by atoms with E-state index in [0.29, 0.717) is 6.54 Å². The molecule has 0 unspecified atom stereocenters. The fraction of sp³-hybridized carbons (Fsp3) is 0.158. The van der Waals surface area contributed by atoms with Crippen molar-refractivity contribution in [2.24, 2.45) is 5.73 Å². The van der Waals surface area contributed by atoms with Gasteiger partial charge in [-0.1, -0.05) is 36.4 Å². The molecule has 0 aliphatic rings. The lowest BCUT2D eigenvalue weighted by Crippen LogP contribution is -2.06. The molecular formula is C19H20N4O. The number of carbonyl (C=O) groups excluding carboxylic acids is 1. The molecule has 3 aromatic rings. The zero-order valence-corrected chi connectivity index (χ0v) is 13.6. The van der Waals surface area contributed by atoms with Gasteiger partial charge in [0.05, 0.1) is 0 Å². The molecule has 122 valence electrons. The number of amides is 1. The molecule has 1 heterocycles. The van der Waals surface area contributed by atoms with Crippen LogP contribution in [0.25, 0.3) is 11.4 Å². The third-order valence-corrected chi connectivity index (χ3v) is 3.77. The summed E-state index contributed by atoms with van der Waals surface area (Å²) in [4.78, 5) is 15.7. The number of nitrogens with two attached hydrogens (primary N) is 1. The van der Waals surface area contributed by atoms with E-state index in [1.807, 2.05) is 42.6 Å². The second-order valence-electron chi connectivity index (χ2n) is 5.66. The van der Waals surface area contributed by atoms with Crippen LogP contribution in [0.4, 0.5) is 5.69 Å². The summed E-state index contributed by atoms with van der Waals surface area (Å²) in [5, 5.41) is 2.80. The molecule has 0 fully saturated rings. The zero-order valence-electron chi connectivity index (χ0n) is 13.6. The van der Waals surface area contributed by atoms with Crippen molar-refractivity contribution in [2.75, 3.05) is 5.32 Å². The van der Waals surface area contributed by atoms with Crippen molar-refractivity contribution in [3.8, 4) is 11.4 Å². The molecular weight excluding hydrogens is 300 g/mol. The summed E-state index contributed by atoms with van der Waals surface area (Å²) in [6, 6.07) is 15.9. The van der Waals surface area contributed by atoms with E-state index in [2.05, 4.69) is 27.0 Å². The summed E-state index contributed by atoms with van der Waals surface area (Å²) in [7, 11) is 0. The van der Waals surface area contributed by atoms with Gasteiger partial charge in [-0.05, 0) is 23.3 Å². The highest BCUT2D eigenvalue weighted by Gasteiger charge is 2.08. The number of hydrogen-bond acceptors (Lipinski definition) is 3. The molecule has 24 heavy (non-hydrogen) atoms. The van der Waals surface area contributed by atoms with E-state index < -0.39 is 0 Å². The van der Waals surface area contributed by atoms with Gasteiger partial charge in [-0.15, -0.1) is 0 Å². The molecule has 3 rings (SSSR count). The predicted molar refractivity (Wildman–Crippen MR) is 95.4 cm³/mol. The lowest BCUT2D eigenvalue weighted by atomic mass is 10.1. The molecule has 1 aromatic heterocycles. The standard InChI is InChI=1S/C19H20N4O/c1-14(24)22-18-4-2-3-17(11-18)19-21-9-10-23(19)13-16-7-5-15(12-20)6-8-16/h2-11H,12-13,20H2,1H3,(H,22,24). The lowest BCUT2D eigenvalue weighted by molar-refractivity contribution is -0.114. The number of anilines is 1. The highest BCUT2D eigenvalue weighted by Crippen LogP contribution is 2.22. The molecule has 1 amide bonds. The first kappa shape index (κ1) is 16.0. The molecule has 0 saturated heterocycles. The number of benzene rings is 2. The number of imidazole rings is 1. The first-order chi connectivity index (χ1) is 11.7. The van der Waals surface area contributed by atoms with Gasteiger partial charge in [-0.3, -0.25) is 4.79 Å². The Hall–Kier alpha value is -2.92. The first-order valence-electron chi connectivity index (χ1n) is 7.83. The largest absolute Gasteiger partial charge is 0.327 e. The van der Waals surface area contributed by atoms with Crippen molar-refractivity contribution in [3.63, 3.8) is 0 Å². The van der Waals surface area contributed by atoms with Crippen LogP contribution in [-0.4, -0.2) is 15.5 Å². The van der Waals surface area contributed by atoms with Crippen LogP contribution in [0.5, 0.6) is 0 Å². The Balaban J connectivity index is 1.85. The molecule has 0 spiro atoms. The van der Waals surface area contributed by atoms with Crippen LogP contribution in [-0.2, 0) is 17.9 Å². The summed E-state index contributed by atoms with van der Waals surface area (Å²) in [5.74, 6) is 0.778. The molecule has 5 heteroatoms. The molecule has 0 saturated carbocycles. The minimum absolute atomic E-state index is 0.0875. The quantitative estimate of drug-likeness (QED) is 0.759. The van der Waals surface area contributed by atoms with Crippen LogP contribution < -0.4 is 11.1 Å². The van der Waals surface area contributed by atoms with E-state index in [1.165, 1.54) is 12.5 Å². The van der Waals surface area contributed by atoms with E-state index in [-0.39, 0.29) is 5.91 Å². The minimum Gasteiger partial charge on any atom is -0.327 e. The van der Waals surface area contributed by atoms with E-state index in [1.54, 1.807) is 6.20 Å². The van der Waals surface area contributed by atoms with Crippen LogP contribution in [0.3, 0.4) is 0 Å². The summed E-state index contributed by atoms with van der Waals surface area (Å²) < 4.78 is 2.09. The van der Waals surface area contributed by atoms with Gasteiger partial charge >= 0.3 is 0 Å². The highest BCUT2D eigenvalue weighted by molar-refractivity contribution is 5.89. The maximum Gasteiger partial charge on any atom is 0.221 e. The topological polar surface area (TPSA) is 72.9 Å². The van der Waals surface area contributed by atoms with E-state index in [9.17, 15) is 4.79 Å². The number of nitrogens with one attached hydrogen (secondary N) is 1. The number of carbonyl (C=O) groups is 1. The van der Waals surface area contributed by atoms with Crippen LogP contribution in [0.1, 0.15) is 18.1 Å². The summed E-state index contributed by atoms with van der Waals surface area (Å²) in [5.41, 5.74) is 9.67. The molecule has 3 N–H and O–H groups in total. The Morgan fingerprint density at radius 2 is 1.92 bits per heavy atom. The minimum atomic E-state index is -0.0875. The van der Waals surface area contributed by atoms with Crippen LogP contribution >= 0.6 is 0 Å². The van der Waals surface area contributed by atoms with E-state index >= 15 is 0 Å². The van der Waals surface area contributed by atoms with Gasteiger partial charge in [-0.25, -0.2) is 4.98 Å². The van der Waals surface area contributed by atoms with Gasteiger partial charge < -0.3 is 15.6 Å². The third kappa shape index (κ3) is 3.70. The second kappa shape index (κ2) is 7.10. The van der Waals surface area contributed by atoms with Crippen LogP contribution in [0.15, 0.2) is 60.9 Å². The van der Waals surface area contributed by atoms with Gasteiger partial charge in [0, 0.05) is 43.7 Å². The zero-order chi connectivity index (χ0) is 16.9. The molecule has 0 aliphatic heterocycles. The Labute approximate surface area is 141 Å². The average Bonchev–Trinajstić information content (AvgIpc) is 3.03. The molecule has 2 aromatic carbocycles. The van der Waals surface area contributed by atoms with Crippen LogP contribution in [0.2, 0.25) is 0 Å².